The molecule has 0 saturated carbocycles. The Labute approximate surface area is 115 Å². The maximum atomic E-state index is 12.9. The van der Waals surface area contributed by atoms with E-state index in [0.29, 0.717) is 16.4 Å². The Bertz CT molecular complexity index is 589. The summed E-state index contributed by atoms with van der Waals surface area (Å²) >= 11 is 5.94. The molecule has 0 aliphatic rings. The fraction of sp³-hybridized carbons (Fsp3) is 0.0714. The van der Waals surface area contributed by atoms with E-state index in [1.54, 1.807) is 24.3 Å². The third-order valence-corrected chi connectivity index (χ3v) is 2.75. The largest absolute Gasteiger partial charge is 0.375 e. The van der Waals surface area contributed by atoms with E-state index >= 15 is 0 Å². The molecule has 3 nitrogen and oxygen atoms in total. The van der Waals surface area contributed by atoms with E-state index in [0.717, 1.165) is 0 Å². The molecule has 2 aromatic carbocycles. The highest BCUT2D eigenvalue weighted by Crippen LogP contribution is 2.20. The van der Waals surface area contributed by atoms with Gasteiger partial charge in [0.1, 0.15) is 5.82 Å². The van der Waals surface area contributed by atoms with E-state index in [1.165, 1.54) is 18.2 Å². The number of carbonyl (C=O) groups excluding carboxylic acids is 1. The van der Waals surface area contributed by atoms with Crippen LogP contribution in [0, 0.1) is 5.82 Å². The van der Waals surface area contributed by atoms with Gasteiger partial charge in [0.05, 0.1) is 17.3 Å². The first-order valence-corrected chi connectivity index (χ1v) is 6.07. The standard InChI is InChI=1S/C14H12ClFN2O/c15-12-6-1-2-7-13(12)17-9-14(19)18-11-5-3-4-10(16)8-11/h1-8,17H,9H2,(H,18,19). The van der Waals surface area contributed by atoms with Crippen LogP contribution in [0.4, 0.5) is 15.8 Å². The van der Waals surface area contributed by atoms with Crippen LogP contribution in [-0.4, -0.2) is 12.5 Å². The van der Waals surface area contributed by atoms with Crippen molar-refractivity contribution in [2.45, 2.75) is 0 Å². The van der Waals surface area contributed by atoms with Crippen molar-refractivity contribution < 1.29 is 9.18 Å². The first-order valence-electron chi connectivity index (χ1n) is 5.69. The Balaban J connectivity index is 1.90. The number of nitrogens with one attached hydrogen (secondary N) is 2. The summed E-state index contributed by atoms with van der Waals surface area (Å²) in [6.45, 7) is 0.0558. The smallest absolute Gasteiger partial charge is 0.243 e. The van der Waals surface area contributed by atoms with Crippen molar-refractivity contribution in [3.8, 4) is 0 Å². The van der Waals surface area contributed by atoms with Crippen LogP contribution in [0.5, 0.6) is 0 Å². The van der Waals surface area contributed by atoms with Gasteiger partial charge < -0.3 is 10.6 Å². The predicted octanol–water partition coefficient (Wildman–Crippen LogP) is 3.53. The van der Waals surface area contributed by atoms with Crippen LogP contribution >= 0.6 is 11.6 Å². The van der Waals surface area contributed by atoms with Crippen molar-refractivity contribution in [3.05, 3.63) is 59.4 Å². The molecule has 19 heavy (non-hydrogen) atoms. The molecular weight excluding hydrogens is 267 g/mol. The summed E-state index contributed by atoms with van der Waals surface area (Å²) in [6.07, 6.45) is 0. The summed E-state index contributed by atoms with van der Waals surface area (Å²) in [6, 6.07) is 12.9. The lowest BCUT2D eigenvalue weighted by atomic mass is 10.3. The maximum Gasteiger partial charge on any atom is 0.243 e. The molecule has 0 spiro atoms. The molecule has 0 aromatic heterocycles. The van der Waals surface area contributed by atoms with Gasteiger partial charge in [-0.05, 0) is 30.3 Å². The quantitative estimate of drug-likeness (QED) is 0.898. The van der Waals surface area contributed by atoms with E-state index in [4.69, 9.17) is 11.6 Å². The van der Waals surface area contributed by atoms with E-state index in [-0.39, 0.29) is 12.5 Å². The lowest BCUT2D eigenvalue weighted by molar-refractivity contribution is -0.114. The van der Waals surface area contributed by atoms with E-state index in [9.17, 15) is 9.18 Å². The van der Waals surface area contributed by atoms with Crippen LogP contribution < -0.4 is 10.6 Å². The molecule has 2 aromatic rings. The number of rotatable bonds is 4. The number of halogens is 2. The molecule has 0 heterocycles. The monoisotopic (exact) mass is 278 g/mol. The van der Waals surface area contributed by atoms with Crippen molar-refractivity contribution in [1.29, 1.82) is 0 Å². The van der Waals surface area contributed by atoms with Gasteiger partial charge >= 0.3 is 0 Å². The number of benzene rings is 2. The average Bonchev–Trinajstić information content (AvgIpc) is 2.38. The number of carbonyl (C=O) groups is 1. The van der Waals surface area contributed by atoms with Crippen molar-refractivity contribution in [2.24, 2.45) is 0 Å². The average molecular weight is 279 g/mol. The molecule has 0 atom stereocenters. The van der Waals surface area contributed by atoms with E-state index in [2.05, 4.69) is 10.6 Å². The molecule has 2 N–H and O–H groups in total. The van der Waals surface area contributed by atoms with Crippen LogP contribution in [0.1, 0.15) is 0 Å². The zero-order valence-corrected chi connectivity index (χ0v) is 10.7. The number of anilines is 2. The molecule has 98 valence electrons. The Hall–Kier alpha value is -2.07. The van der Waals surface area contributed by atoms with Crippen LogP contribution in [0.15, 0.2) is 48.5 Å². The van der Waals surface area contributed by atoms with Crippen molar-refractivity contribution >= 4 is 28.9 Å². The van der Waals surface area contributed by atoms with Gasteiger partial charge in [-0.1, -0.05) is 29.8 Å². The Kier molecular flexibility index (Phi) is 4.36. The van der Waals surface area contributed by atoms with Gasteiger partial charge in [-0.15, -0.1) is 0 Å². The van der Waals surface area contributed by atoms with Gasteiger partial charge in [-0.25, -0.2) is 4.39 Å². The third-order valence-electron chi connectivity index (χ3n) is 2.42. The van der Waals surface area contributed by atoms with Crippen LogP contribution in [0.3, 0.4) is 0 Å². The minimum atomic E-state index is -0.392. The van der Waals surface area contributed by atoms with Crippen LogP contribution in [-0.2, 0) is 4.79 Å². The van der Waals surface area contributed by atoms with Gasteiger partial charge in [0.15, 0.2) is 0 Å². The first-order chi connectivity index (χ1) is 9.15. The van der Waals surface area contributed by atoms with Gasteiger partial charge in [-0.3, -0.25) is 4.79 Å². The fourth-order valence-electron chi connectivity index (χ4n) is 1.55. The van der Waals surface area contributed by atoms with Crippen LogP contribution in [0.25, 0.3) is 0 Å². The Morgan fingerprint density at radius 1 is 1.16 bits per heavy atom. The SMILES string of the molecule is O=C(CNc1ccccc1Cl)Nc1cccc(F)c1. The molecule has 0 aliphatic heterocycles. The third kappa shape index (κ3) is 3.96. The molecule has 0 radical (unpaired) electrons. The van der Waals surface area contributed by atoms with Gasteiger partial charge in [0.2, 0.25) is 5.91 Å². The Morgan fingerprint density at radius 2 is 1.95 bits per heavy atom. The highest BCUT2D eigenvalue weighted by molar-refractivity contribution is 6.33. The minimum Gasteiger partial charge on any atom is -0.375 e. The lowest BCUT2D eigenvalue weighted by Gasteiger charge is -2.09. The normalized spacial score (nSPS) is 10.0. The van der Waals surface area contributed by atoms with Gasteiger partial charge in [0.25, 0.3) is 0 Å². The summed E-state index contributed by atoms with van der Waals surface area (Å²) in [5.41, 5.74) is 1.10. The van der Waals surface area contributed by atoms with Gasteiger partial charge in [-0.2, -0.15) is 0 Å². The number of para-hydroxylation sites is 1. The predicted molar refractivity (Wildman–Crippen MR) is 75.0 cm³/mol. The van der Waals surface area contributed by atoms with Crippen molar-refractivity contribution in [2.75, 3.05) is 17.2 Å². The Morgan fingerprint density at radius 3 is 2.68 bits per heavy atom. The summed E-state index contributed by atoms with van der Waals surface area (Å²) < 4.78 is 12.9. The zero-order chi connectivity index (χ0) is 13.7. The second kappa shape index (κ2) is 6.20. The fourth-order valence-corrected chi connectivity index (χ4v) is 1.75. The molecule has 1 amide bonds. The highest BCUT2D eigenvalue weighted by Gasteiger charge is 2.04. The zero-order valence-electron chi connectivity index (χ0n) is 9.99. The molecule has 0 bridgehead atoms. The molecule has 0 unspecified atom stereocenters. The van der Waals surface area contributed by atoms with Gasteiger partial charge in [0, 0.05) is 5.69 Å². The molecule has 2 rings (SSSR count). The molecular formula is C14H12ClFN2O. The van der Waals surface area contributed by atoms with E-state index < -0.39 is 5.82 Å². The second-order valence-corrected chi connectivity index (χ2v) is 4.30. The summed E-state index contributed by atoms with van der Waals surface area (Å²) in [5.74, 6) is -0.664. The molecule has 0 aliphatic carbocycles. The highest BCUT2D eigenvalue weighted by atomic mass is 35.5. The number of hydrogen-bond acceptors (Lipinski definition) is 2. The van der Waals surface area contributed by atoms with E-state index in [1.807, 2.05) is 6.07 Å². The molecule has 0 fully saturated rings. The lowest BCUT2D eigenvalue weighted by Crippen LogP contribution is -2.21. The van der Waals surface area contributed by atoms with Crippen LogP contribution in [0.2, 0.25) is 5.02 Å². The van der Waals surface area contributed by atoms with Crippen molar-refractivity contribution in [3.63, 3.8) is 0 Å². The summed E-state index contributed by atoms with van der Waals surface area (Å²) in [7, 11) is 0. The minimum absolute atomic E-state index is 0.0558. The number of amides is 1. The second-order valence-electron chi connectivity index (χ2n) is 3.89. The van der Waals surface area contributed by atoms with Crippen molar-refractivity contribution in [1.82, 2.24) is 0 Å². The first kappa shape index (κ1) is 13.4. The maximum absolute atomic E-state index is 12.9. The molecule has 0 saturated heterocycles. The topological polar surface area (TPSA) is 41.1 Å². The summed E-state index contributed by atoms with van der Waals surface area (Å²) in [5, 5.41) is 6.04. The summed E-state index contributed by atoms with van der Waals surface area (Å²) in [4.78, 5) is 11.7. The molecule has 5 heteroatoms. The number of hydrogen-bond donors (Lipinski definition) is 2.